The molecule has 2 amide bonds. The third kappa shape index (κ3) is 3.47. The molecule has 1 fully saturated rings. The van der Waals surface area contributed by atoms with Gasteiger partial charge in [-0.05, 0) is 6.07 Å². The van der Waals surface area contributed by atoms with Crippen LogP contribution in [-0.2, 0) is 9.59 Å². The van der Waals surface area contributed by atoms with Gasteiger partial charge in [-0.3, -0.25) is 9.59 Å². The van der Waals surface area contributed by atoms with Crippen LogP contribution in [-0.4, -0.2) is 57.4 Å². The quantitative estimate of drug-likeness (QED) is 0.834. The largest absolute Gasteiger partial charge is 0.496 e. The molecule has 7 nitrogen and oxygen atoms in total. The van der Waals surface area contributed by atoms with Crippen molar-refractivity contribution in [1.29, 1.82) is 0 Å². The van der Waals surface area contributed by atoms with Crippen molar-refractivity contribution in [2.45, 2.75) is 5.37 Å². The van der Waals surface area contributed by atoms with E-state index in [2.05, 4.69) is 5.32 Å². The fourth-order valence-corrected chi connectivity index (χ4v) is 3.56. The van der Waals surface area contributed by atoms with Crippen molar-refractivity contribution >= 4 is 23.6 Å². The van der Waals surface area contributed by atoms with Crippen molar-refractivity contribution in [3.63, 3.8) is 0 Å². The maximum Gasteiger partial charge on any atom is 0.239 e. The van der Waals surface area contributed by atoms with E-state index in [1.54, 1.807) is 40.5 Å². The number of benzene rings is 1. The number of hydrogen-bond acceptors (Lipinski definition) is 6. The second-order valence-corrected chi connectivity index (χ2v) is 5.88. The average molecular weight is 340 g/mol. The molecule has 1 heterocycles. The first kappa shape index (κ1) is 17.3. The Morgan fingerprint density at radius 3 is 2.39 bits per heavy atom. The van der Waals surface area contributed by atoms with Gasteiger partial charge in [-0.15, -0.1) is 11.8 Å². The Bertz CT molecular complexity index is 608. The molecule has 0 bridgehead atoms. The molecule has 0 spiro atoms. The van der Waals surface area contributed by atoms with Gasteiger partial charge in [0.2, 0.25) is 11.8 Å². The molecule has 2 rings (SSSR count). The van der Waals surface area contributed by atoms with Crippen LogP contribution in [0.3, 0.4) is 0 Å². The number of amides is 2. The van der Waals surface area contributed by atoms with Crippen molar-refractivity contribution < 1.29 is 23.8 Å². The molecule has 0 saturated carbocycles. The van der Waals surface area contributed by atoms with Crippen LogP contribution in [0.4, 0.5) is 0 Å². The highest BCUT2D eigenvalue weighted by Crippen LogP contribution is 2.46. The Balaban J connectivity index is 2.42. The highest BCUT2D eigenvalue weighted by molar-refractivity contribution is 8.00. The lowest BCUT2D eigenvalue weighted by atomic mass is 10.1. The highest BCUT2D eigenvalue weighted by atomic mass is 32.2. The number of nitrogens with zero attached hydrogens (tertiary/aromatic N) is 1. The van der Waals surface area contributed by atoms with Gasteiger partial charge in [0.05, 0.1) is 27.1 Å². The number of likely N-dealkylation sites (N-methyl/N-ethyl adjacent to an activating group) is 1. The molecular formula is C15H20N2O5S. The summed E-state index contributed by atoms with van der Waals surface area (Å²) >= 11 is 1.45. The fourth-order valence-electron chi connectivity index (χ4n) is 2.36. The summed E-state index contributed by atoms with van der Waals surface area (Å²) in [4.78, 5) is 25.3. The number of carbonyl (C=O) groups is 2. The minimum Gasteiger partial charge on any atom is -0.496 e. The smallest absolute Gasteiger partial charge is 0.239 e. The summed E-state index contributed by atoms with van der Waals surface area (Å²) in [5.41, 5.74) is 0.768. The van der Waals surface area contributed by atoms with Crippen LogP contribution in [0, 0.1) is 0 Å². The minimum atomic E-state index is -0.311. The number of ether oxygens (including phenoxy) is 3. The van der Waals surface area contributed by atoms with E-state index in [1.165, 1.54) is 16.7 Å². The zero-order valence-corrected chi connectivity index (χ0v) is 14.4. The van der Waals surface area contributed by atoms with Gasteiger partial charge in [-0.25, -0.2) is 0 Å². The Kier molecular flexibility index (Phi) is 5.59. The summed E-state index contributed by atoms with van der Waals surface area (Å²) in [6.07, 6.45) is 0. The molecular weight excluding hydrogens is 320 g/mol. The molecule has 0 aromatic heterocycles. The summed E-state index contributed by atoms with van der Waals surface area (Å²) < 4.78 is 16.0. The molecule has 1 aromatic rings. The van der Waals surface area contributed by atoms with Crippen LogP contribution in [0.5, 0.6) is 17.2 Å². The van der Waals surface area contributed by atoms with Gasteiger partial charge in [0, 0.05) is 18.7 Å². The van der Waals surface area contributed by atoms with Gasteiger partial charge in [0.25, 0.3) is 0 Å². The highest BCUT2D eigenvalue weighted by Gasteiger charge is 2.36. The molecule has 1 N–H and O–H groups in total. The van der Waals surface area contributed by atoms with Crippen LogP contribution in [0.1, 0.15) is 10.9 Å². The van der Waals surface area contributed by atoms with E-state index >= 15 is 0 Å². The van der Waals surface area contributed by atoms with E-state index in [0.29, 0.717) is 23.0 Å². The Morgan fingerprint density at radius 1 is 1.22 bits per heavy atom. The van der Waals surface area contributed by atoms with E-state index in [0.717, 1.165) is 5.56 Å². The van der Waals surface area contributed by atoms with E-state index in [1.807, 2.05) is 0 Å². The van der Waals surface area contributed by atoms with Gasteiger partial charge in [0.15, 0.2) is 11.5 Å². The van der Waals surface area contributed by atoms with Gasteiger partial charge in [-0.1, -0.05) is 0 Å². The number of nitrogens with one attached hydrogen (secondary N) is 1. The molecule has 8 heteroatoms. The van der Waals surface area contributed by atoms with Crippen molar-refractivity contribution in [1.82, 2.24) is 10.2 Å². The second kappa shape index (κ2) is 7.45. The van der Waals surface area contributed by atoms with Gasteiger partial charge in [-0.2, -0.15) is 0 Å². The normalized spacial score (nSPS) is 17.1. The van der Waals surface area contributed by atoms with Crippen LogP contribution in [0.25, 0.3) is 0 Å². The third-order valence-corrected chi connectivity index (χ3v) is 4.80. The molecule has 0 radical (unpaired) electrons. The molecule has 1 saturated heterocycles. The fraction of sp³-hybridized carbons (Fsp3) is 0.467. The van der Waals surface area contributed by atoms with Crippen LogP contribution < -0.4 is 19.5 Å². The molecule has 1 unspecified atom stereocenters. The summed E-state index contributed by atoms with van der Waals surface area (Å²) in [6.45, 7) is 0.00446. The molecule has 0 aliphatic carbocycles. The minimum absolute atomic E-state index is 0.00446. The number of hydrogen-bond donors (Lipinski definition) is 1. The first-order chi connectivity index (χ1) is 11.0. The number of carbonyl (C=O) groups excluding carboxylic acids is 2. The summed E-state index contributed by atoms with van der Waals surface area (Å²) in [6, 6.07) is 3.50. The molecule has 126 valence electrons. The lowest BCUT2D eigenvalue weighted by Crippen LogP contribution is -2.38. The Labute approximate surface area is 139 Å². The predicted molar refractivity (Wildman–Crippen MR) is 87.1 cm³/mol. The first-order valence-corrected chi connectivity index (χ1v) is 8.02. The summed E-state index contributed by atoms with van der Waals surface area (Å²) in [5, 5.41) is 2.23. The lowest BCUT2D eigenvalue weighted by molar-refractivity contribution is -0.133. The zero-order valence-electron chi connectivity index (χ0n) is 13.5. The molecule has 1 aliphatic rings. The van der Waals surface area contributed by atoms with E-state index in [4.69, 9.17) is 14.2 Å². The van der Waals surface area contributed by atoms with E-state index in [-0.39, 0.29) is 23.7 Å². The second-order valence-electron chi connectivity index (χ2n) is 4.81. The molecule has 1 aromatic carbocycles. The van der Waals surface area contributed by atoms with Gasteiger partial charge >= 0.3 is 0 Å². The van der Waals surface area contributed by atoms with Crippen molar-refractivity contribution in [2.24, 2.45) is 0 Å². The Hall–Kier alpha value is -2.09. The van der Waals surface area contributed by atoms with Crippen LogP contribution in [0.2, 0.25) is 0 Å². The van der Waals surface area contributed by atoms with Gasteiger partial charge in [0.1, 0.15) is 17.7 Å². The zero-order chi connectivity index (χ0) is 17.0. The SMILES string of the molecule is CNC(=O)CN1C(=O)CSC1c1cc(OC)c(OC)cc1OC. The van der Waals surface area contributed by atoms with Gasteiger partial charge < -0.3 is 24.4 Å². The van der Waals surface area contributed by atoms with E-state index in [9.17, 15) is 9.59 Å². The van der Waals surface area contributed by atoms with Crippen molar-refractivity contribution in [3.8, 4) is 17.2 Å². The molecule has 1 aliphatic heterocycles. The van der Waals surface area contributed by atoms with Crippen molar-refractivity contribution in [2.75, 3.05) is 40.7 Å². The van der Waals surface area contributed by atoms with Crippen LogP contribution >= 0.6 is 11.8 Å². The molecule has 1 atom stereocenters. The van der Waals surface area contributed by atoms with Crippen LogP contribution in [0.15, 0.2) is 12.1 Å². The predicted octanol–water partition coefficient (Wildman–Crippen LogP) is 1.03. The lowest BCUT2D eigenvalue weighted by Gasteiger charge is -2.25. The summed E-state index contributed by atoms with van der Waals surface area (Å²) in [5.74, 6) is 1.69. The number of rotatable bonds is 6. The maximum atomic E-state index is 12.1. The monoisotopic (exact) mass is 340 g/mol. The van der Waals surface area contributed by atoms with Crippen molar-refractivity contribution in [3.05, 3.63) is 17.7 Å². The number of thioether (sulfide) groups is 1. The Morgan fingerprint density at radius 2 is 1.83 bits per heavy atom. The topological polar surface area (TPSA) is 77.1 Å². The van der Waals surface area contributed by atoms with E-state index < -0.39 is 0 Å². The number of methoxy groups -OCH3 is 3. The first-order valence-electron chi connectivity index (χ1n) is 6.97. The molecule has 23 heavy (non-hydrogen) atoms. The average Bonchev–Trinajstić information content (AvgIpc) is 2.93. The standard InChI is InChI=1S/C15H20N2O5S/c1-16-13(18)7-17-14(19)8-23-15(17)9-5-11(21-3)12(22-4)6-10(9)20-2/h5-6,15H,7-8H2,1-4H3,(H,16,18). The summed E-state index contributed by atoms with van der Waals surface area (Å²) in [7, 11) is 6.18. The third-order valence-electron chi connectivity index (χ3n) is 3.56. The maximum absolute atomic E-state index is 12.1.